The first-order valence-corrected chi connectivity index (χ1v) is 8.35. The number of anilines is 1. The Kier molecular flexibility index (Phi) is 5.11. The maximum atomic E-state index is 12.5. The van der Waals surface area contributed by atoms with Crippen molar-refractivity contribution in [2.45, 2.75) is 6.54 Å². The van der Waals surface area contributed by atoms with Crippen LogP contribution in [0.1, 0.15) is 5.56 Å². The molecule has 24 heavy (non-hydrogen) atoms. The zero-order valence-electron chi connectivity index (χ0n) is 12.5. The van der Waals surface area contributed by atoms with Crippen LogP contribution in [0.5, 0.6) is 0 Å². The molecule has 0 aliphatic carbocycles. The van der Waals surface area contributed by atoms with Gasteiger partial charge in [-0.15, -0.1) is 0 Å². The third kappa shape index (κ3) is 3.57. The van der Waals surface area contributed by atoms with Crippen molar-refractivity contribution >= 4 is 52.3 Å². The van der Waals surface area contributed by atoms with Gasteiger partial charge in [0.25, 0.3) is 0 Å². The molecule has 3 rings (SSSR count). The molecule has 1 fully saturated rings. The maximum absolute atomic E-state index is 12.5. The van der Waals surface area contributed by atoms with Crippen molar-refractivity contribution in [1.82, 2.24) is 4.90 Å². The van der Waals surface area contributed by atoms with E-state index in [-0.39, 0.29) is 40.0 Å². The summed E-state index contributed by atoms with van der Waals surface area (Å²) in [4.78, 5) is 27.8. The van der Waals surface area contributed by atoms with E-state index in [1.165, 1.54) is 12.1 Å². The minimum Gasteiger partial charge on any atom is -0.281 e. The topological polar surface area (TPSA) is 40.6 Å². The van der Waals surface area contributed by atoms with Crippen LogP contribution < -0.4 is 4.90 Å². The maximum Gasteiger partial charge on any atom is 0.247 e. The fraction of sp³-hybridized carbons (Fsp3) is 0.176. The summed E-state index contributed by atoms with van der Waals surface area (Å²) in [6.45, 7) is 0.811. The molecule has 2 aromatic carbocycles. The first kappa shape index (κ1) is 17.2. The molecule has 7 heteroatoms. The summed E-state index contributed by atoms with van der Waals surface area (Å²) in [5.74, 6) is -0.645. The minimum atomic E-state index is -0.323. The van der Waals surface area contributed by atoms with Gasteiger partial charge in [0.15, 0.2) is 0 Å². The molecular weight excluding hydrogens is 371 g/mol. The van der Waals surface area contributed by atoms with Crippen LogP contribution in [0.3, 0.4) is 0 Å². The number of piperazine rings is 1. The highest BCUT2D eigenvalue weighted by Crippen LogP contribution is 2.35. The summed E-state index contributed by atoms with van der Waals surface area (Å²) in [6, 6.07) is 12.6. The number of halogens is 3. The van der Waals surface area contributed by atoms with Gasteiger partial charge in [-0.3, -0.25) is 14.5 Å². The second-order valence-corrected chi connectivity index (χ2v) is 6.67. The number of rotatable bonds is 3. The van der Waals surface area contributed by atoms with E-state index in [2.05, 4.69) is 0 Å². The molecule has 1 saturated heterocycles. The number of imide groups is 1. The van der Waals surface area contributed by atoms with Gasteiger partial charge < -0.3 is 0 Å². The fourth-order valence-corrected chi connectivity index (χ4v) is 3.22. The highest BCUT2D eigenvalue weighted by atomic mass is 35.5. The van der Waals surface area contributed by atoms with Gasteiger partial charge in [0, 0.05) is 6.54 Å². The van der Waals surface area contributed by atoms with Crippen LogP contribution in [0.4, 0.5) is 5.69 Å². The summed E-state index contributed by atoms with van der Waals surface area (Å²) >= 11 is 17.9. The van der Waals surface area contributed by atoms with E-state index >= 15 is 0 Å². The van der Waals surface area contributed by atoms with Gasteiger partial charge in [0.2, 0.25) is 11.8 Å². The van der Waals surface area contributed by atoms with Crippen molar-refractivity contribution in [1.29, 1.82) is 0 Å². The fourth-order valence-electron chi connectivity index (χ4n) is 2.63. The monoisotopic (exact) mass is 382 g/mol. The second kappa shape index (κ2) is 7.11. The average molecular weight is 384 g/mol. The number of carbonyl (C=O) groups excluding carboxylic acids is 2. The molecule has 1 aliphatic rings. The molecule has 0 atom stereocenters. The Hall–Kier alpha value is -1.59. The quantitative estimate of drug-likeness (QED) is 0.594. The Morgan fingerprint density at radius 2 is 1.42 bits per heavy atom. The number of nitrogens with zero attached hydrogens (tertiary/aromatic N) is 2. The predicted octanol–water partition coefficient (Wildman–Crippen LogP) is 4.02. The molecule has 1 aliphatic heterocycles. The van der Waals surface area contributed by atoms with Crippen molar-refractivity contribution in [2.75, 3.05) is 18.0 Å². The normalized spacial score (nSPS) is 15.9. The SMILES string of the molecule is O=C1CN(Cc2ccccc2)CC(=O)N1c1cc(Cl)c(Cl)c(Cl)c1. The largest absolute Gasteiger partial charge is 0.281 e. The zero-order chi connectivity index (χ0) is 17.3. The van der Waals surface area contributed by atoms with Crippen molar-refractivity contribution < 1.29 is 9.59 Å². The molecule has 4 nitrogen and oxygen atoms in total. The Morgan fingerprint density at radius 1 is 0.875 bits per heavy atom. The molecule has 0 N–H and O–H groups in total. The van der Waals surface area contributed by atoms with E-state index in [0.29, 0.717) is 12.2 Å². The summed E-state index contributed by atoms with van der Waals surface area (Å²) in [6.07, 6.45) is 0. The Labute approximate surface area is 154 Å². The molecule has 1 heterocycles. The zero-order valence-corrected chi connectivity index (χ0v) is 14.8. The minimum absolute atomic E-state index is 0.137. The van der Waals surface area contributed by atoms with E-state index < -0.39 is 0 Å². The van der Waals surface area contributed by atoms with E-state index in [0.717, 1.165) is 10.5 Å². The van der Waals surface area contributed by atoms with Crippen molar-refractivity contribution in [2.24, 2.45) is 0 Å². The van der Waals surface area contributed by atoms with E-state index in [1.54, 1.807) is 4.90 Å². The molecule has 0 aromatic heterocycles. The van der Waals surface area contributed by atoms with Gasteiger partial charge in [0.05, 0.1) is 33.8 Å². The Balaban J connectivity index is 1.79. The molecule has 2 aromatic rings. The summed E-state index contributed by atoms with van der Waals surface area (Å²) < 4.78 is 0. The van der Waals surface area contributed by atoms with Crippen LogP contribution in [0.2, 0.25) is 15.1 Å². The van der Waals surface area contributed by atoms with Crippen LogP contribution in [0.15, 0.2) is 42.5 Å². The highest BCUT2D eigenvalue weighted by molar-refractivity contribution is 6.48. The van der Waals surface area contributed by atoms with Gasteiger partial charge in [-0.25, -0.2) is 4.90 Å². The van der Waals surface area contributed by atoms with Crippen molar-refractivity contribution in [3.05, 3.63) is 63.1 Å². The molecule has 0 bridgehead atoms. The third-order valence-electron chi connectivity index (χ3n) is 3.69. The number of hydrogen-bond acceptors (Lipinski definition) is 3. The van der Waals surface area contributed by atoms with Crippen LogP contribution >= 0.6 is 34.8 Å². The molecule has 0 radical (unpaired) electrons. The average Bonchev–Trinajstić information content (AvgIpc) is 2.53. The van der Waals surface area contributed by atoms with E-state index in [9.17, 15) is 9.59 Å². The number of carbonyl (C=O) groups is 2. The smallest absolute Gasteiger partial charge is 0.247 e. The van der Waals surface area contributed by atoms with Crippen LogP contribution in [0, 0.1) is 0 Å². The van der Waals surface area contributed by atoms with Gasteiger partial charge in [0.1, 0.15) is 0 Å². The molecule has 2 amide bonds. The molecule has 124 valence electrons. The van der Waals surface area contributed by atoms with E-state index in [4.69, 9.17) is 34.8 Å². The van der Waals surface area contributed by atoms with Gasteiger partial charge >= 0.3 is 0 Å². The molecule has 0 unspecified atom stereocenters. The molecular formula is C17H13Cl3N2O2. The number of amides is 2. The Morgan fingerprint density at radius 3 is 1.96 bits per heavy atom. The summed E-state index contributed by atoms with van der Waals surface area (Å²) in [5, 5.41) is 0.600. The Bertz CT molecular complexity index is 755. The predicted molar refractivity (Wildman–Crippen MR) is 95.7 cm³/mol. The molecule has 0 saturated carbocycles. The van der Waals surface area contributed by atoms with Crippen LogP contribution in [-0.2, 0) is 16.1 Å². The van der Waals surface area contributed by atoms with Crippen molar-refractivity contribution in [3.8, 4) is 0 Å². The van der Waals surface area contributed by atoms with Gasteiger partial charge in [-0.1, -0.05) is 65.1 Å². The lowest BCUT2D eigenvalue weighted by Crippen LogP contribution is -2.53. The lowest BCUT2D eigenvalue weighted by molar-refractivity contribution is -0.132. The van der Waals surface area contributed by atoms with Gasteiger partial charge in [-0.05, 0) is 17.7 Å². The lowest BCUT2D eigenvalue weighted by atomic mass is 10.2. The van der Waals surface area contributed by atoms with Crippen LogP contribution in [0.25, 0.3) is 0 Å². The van der Waals surface area contributed by atoms with E-state index in [1.807, 2.05) is 30.3 Å². The summed E-state index contributed by atoms with van der Waals surface area (Å²) in [5.41, 5.74) is 1.38. The first-order chi connectivity index (χ1) is 11.5. The molecule has 0 spiro atoms. The third-order valence-corrected chi connectivity index (χ3v) is 4.89. The standard InChI is InChI=1S/C17H13Cl3N2O2/c18-13-6-12(7-14(19)17(13)20)22-15(23)9-21(10-16(22)24)8-11-4-2-1-3-5-11/h1-7H,8-10H2. The number of benzene rings is 2. The number of hydrogen-bond donors (Lipinski definition) is 0. The van der Waals surface area contributed by atoms with Gasteiger partial charge in [-0.2, -0.15) is 0 Å². The highest BCUT2D eigenvalue weighted by Gasteiger charge is 2.32. The van der Waals surface area contributed by atoms with Crippen LogP contribution in [-0.4, -0.2) is 29.8 Å². The van der Waals surface area contributed by atoms with Crippen molar-refractivity contribution in [3.63, 3.8) is 0 Å². The second-order valence-electron chi connectivity index (χ2n) is 5.48. The first-order valence-electron chi connectivity index (χ1n) is 7.22. The summed E-state index contributed by atoms with van der Waals surface area (Å²) in [7, 11) is 0. The lowest BCUT2D eigenvalue weighted by Gasteiger charge is -2.32.